The molecule has 4 aromatic carbocycles. The van der Waals surface area contributed by atoms with Crippen molar-refractivity contribution in [2.45, 2.75) is 0 Å². The number of halogens is 1. The second kappa shape index (κ2) is 4.73. The molecule has 3 heteroatoms. The van der Waals surface area contributed by atoms with E-state index < -0.39 is 0 Å². The lowest BCUT2D eigenvalue weighted by Gasteiger charge is -1.99. The molecule has 0 radical (unpaired) electrons. The molecule has 0 fully saturated rings. The van der Waals surface area contributed by atoms with Gasteiger partial charge in [0.25, 0.3) is 0 Å². The van der Waals surface area contributed by atoms with Gasteiger partial charge < -0.3 is 8.82 Å². The van der Waals surface area contributed by atoms with Crippen LogP contribution in [0.1, 0.15) is 0 Å². The summed E-state index contributed by atoms with van der Waals surface area (Å²) >= 11 is 2.44. The van der Waals surface area contributed by atoms with Gasteiger partial charge in [-0.3, -0.25) is 0 Å². The van der Waals surface area contributed by atoms with Crippen LogP contribution in [0.25, 0.3) is 60.0 Å². The normalized spacial score (nSPS) is 12.6. The fourth-order valence-corrected chi connectivity index (χ4v) is 5.39. The molecule has 27 heavy (non-hydrogen) atoms. The Hall–Kier alpha value is -2.79. The lowest BCUT2D eigenvalue weighted by molar-refractivity contribution is 0.669. The number of nitrogens with zero attached hydrogens (tertiary/aromatic N) is 1. The molecule has 7 rings (SSSR count). The van der Waals surface area contributed by atoms with E-state index in [0.717, 1.165) is 11.2 Å². The van der Waals surface area contributed by atoms with Crippen molar-refractivity contribution in [2.75, 3.05) is 0 Å². The molecule has 0 aliphatic carbocycles. The van der Waals surface area contributed by atoms with Crippen molar-refractivity contribution < 1.29 is 4.42 Å². The van der Waals surface area contributed by atoms with Crippen LogP contribution in [0.3, 0.4) is 0 Å². The van der Waals surface area contributed by atoms with Crippen LogP contribution >= 0.6 is 22.6 Å². The Bertz CT molecular complexity index is 1690. The van der Waals surface area contributed by atoms with Crippen molar-refractivity contribution in [3.8, 4) is 0 Å². The SMILES string of the molecule is Ic1cc2c3ccccc3n3c4ccc5oc6ccccc6c5c4c(c1)c23. The quantitative estimate of drug-likeness (QED) is 0.218. The van der Waals surface area contributed by atoms with Gasteiger partial charge in [-0.25, -0.2) is 0 Å². The molecule has 0 saturated heterocycles. The molecule has 0 aliphatic heterocycles. The van der Waals surface area contributed by atoms with Crippen LogP contribution in [-0.4, -0.2) is 4.40 Å². The van der Waals surface area contributed by atoms with Crippen LogP contribution in [0, 0.1) is 3.57 Å². The molecule has 0 saturated carbocycles. The number of rotatable bonds is 0. The van der Waals surface area contributed by atoms with Crippen LogP contribution in [-0.2, 0) is 0 Å². The van der Waals surface area contributed by atoms with Crippen molar-refractivity contribution in [3.05, 3.63) is 76.4 Å². The fraction of sp³-hybridized carbons (Fsp3) is 0. The third-order valence-corrected chi connectivity index (χ3v) is 6.39. The zero-order valence-corrected chi connectivity index (χ0v) is 16.3. The Morgan fingerprint density at radius 2 is 1.41 bits per heavy atom. The van der Waals surface area contributed by atoms with E-state index in [1.54, 1.807) is 0 Å². The minimum absolute atomic E-state index is 0.948. The summed E-state index contributed by atoms with van der Waals surface area (Å²) in [7, 11) is 0. The minimum atomic E-state index is 0.948. The first-order valence-corrected chi connectivity index (χ1v) is 10.1. The third-order valence-electron chi connectivity index (χ3n) is 5.77. The van der Waals surface area contributed by atoms with Gasteiger partial charge in [0.1, 0.15) is 11.2 Å². The average Bonchev–Trinajstić information content (AvgIpc) is 3.32. The monoisotopic (exact) mass is 457 g/mol. The summed E-state index contributed by atoms with van der Waals surface area (Å²) < 4.78 is 9.84. The maximum atomic E-state index is 6.16. The zero-order chi connectivity index (χ0) is 17.7. The largest absolute Gasteiger partial charge is 0.456 e. The Kier molecular flexibility index (Phi) is 2.50. The predicted molar refractivity (Wildman–Crippen MR) is 121 cm³/mol. The number of para-hydroxylation sites is 2. The van der Waals surface area contributed by atoms with Gasteiger partial charge in [0, 0.05) is 35.9 Å². The Labute approximate surface area is 167 Å². The van der Waals surface area contributed by atoms with Crippen molar-refractivity contribution in [3.63, 3.8) is 0 Å². The summed E-state index contributed by atoms with van der Waals surface area (Å²) in [5.41, 5.74) is 5.73. The Morgan fingerprint density at radius 3 is 2.33 bits per heavy atom. The van der Waals surface area contributed by atoms with E-state index in [1.165, 1.54) is 52.4 Å². The molecule has 0 atom stereocenters. The van der Waals surface area contributed by atoms with Gasteiger partial charge >= 0.3 is 0 Å². The van der Waals surface area contributed by atoms with Crippen molar-refractivity contribution in [1.29, 1.82) is 0 Å². The molecule has 3 aromatic heterocycles. The summed E-state index contributed by atoms with van der Waals surface area (Å²) in [6, 6.07) is 26.0. The first kappa shape index (κ1) is 14.3. The van der Waals surface area contributed by atoms with E-state index in [0.29, 0.717) is 0 Å². The summed E-state index contributed by atoms with van der Waals surface area (Å²) in [4.78, 5) is 0. The molecule has 0 amide bonds. The molecular formula is C24H12INO. The number of benzene rings is 4. The summed E-state index contributed by atoms with van der Waals surface area (Å²) in [5.74, 6) is 0. The molecule has 126 valence electrons. The van der Waals surface area contributed by atoms with Gasteiger partial charge in [0.15, 0.2) is 0 Å². The molecule has 0 N–H and O–H groups in total. The predicted octanol–water partition coefficient (Wildman–Crippen LogP) is 7.34. The van der Waals surface area contributed by atoms with Gasteiger partial charge in [-0.05, 0) is 59.0 Å². The highest BCUT2D eigenvalue weighted by Crippen LogP contribution is 2.44. The standard InChI is InChI=1S/C24H12INO/c25-13-11-16-14-5-1-3-7-18(14)26-19-9-10-21-23(22(19)17(12-13)24(16)26)15-6-2-4-8-20(15)27-21/h1-12H. The smallest absolute Gasteiger partial charge is 0.136 e. The van der Waals surface area contributed by atoms with E-state index in [-0.39, 0.29) is 0 Å². The summed E-state index contributed by atoms with van der Waals surface area (Å²) in [6.45, 7) is 0. The van der Waals surface area contributed by atoms with Crippen LogP contribution in [0.5, 0.6) is 0 Å². The molecule has 0 unspecified atom stereocenters. The van der Waals surface area contributed by atoms with E-state index in [4.69, 9.17) is 4.42 Å². The maximum absolute atomic E-state index is 6.16. The zero-order valence-electron chi connectivity index (χ0n) is 14.2. The van der Waals surface area contributed by atoms with Crippen LogP contribution < -0.4 is 0 Å². The van der Waals surface area contributed by atoms with E-state index >= 15 is 0 Å². The number of furan rings is 1. The summed E-state index contributed by atoms with van der Waals surface area (Å²) in [6.07, 6.45) is 0. The maximum Gasteiger partial charge on any atom is 0.136 e. The topological polar surface area (TPSA) is 17.6 Å². The van der Waals surface area contributed by atoms with Gasteiger partial charge in [-0.1, -0.05) is 36.4 Å². The molecule has 0 spiro atoms. The first-order valence-electron chi connectivity index (χ1n) is 8.99. The molecule has 7 aromatic rings. The first-order chi connectivity index (χ1) is 13.3. The second-order valence-electron chi connectivity index (χ2n) is 7.13. The molecule has 0 aliphatic rings. The lowest BCUT2D eigenvalue weighted by atomic mass is 10.0. The molecule has 3 heterocycles. The van der Waals surface area contributed by atoms with Crippen LogP contribution in [0.2, 0.25) is 0 Å². The Morgan fingerprint density at radius 1 is 0.630 bits per heavy atom. The van der Waals surface area contributed by atoms with Crippen LogP contribution in [0.15, 0.2) is 77.2 Å². The number of aromatic nitrogens is 1. The average molecular weight is 457 g/mol. The highest BCUT2D eigenvalue weighted by atomic mass is 127. The van der Waals surface area contributed by atoms with Gasteiger partial charge in [0.05, 0.1) is 16.6 Å². The van der Waals surface area contributed by atoms with Crippen molar-refractivity contribution in [2.24, 2.45) is 0 Å². The second-order valence-corrected chi connectivity index (χ2v) is 8.38. The lowest BCUT2D eigenvalue weighted by Crippen LogP contribution is -1.79. The van der Waals surface area contributed by atoms with Gasteiger partial charge in [-0.2, -0.15) is 0 Å². The minimum Gasteiger partial charge on any atom is -0.456 e. The third kappa shape index (κ3) is 1.62. The number of hydrogen-bond acceptors (Lipinski definition) is 1. The molecular weight excluding hydrogens is 445 g/mol. The number of fused-ring (bicyclic) bond motifs is 10. The summed E-state index contributed by atoms with van der Waals surface area (Å²) in [5, 5.41) is 7.65. The van der Waals surface area contributed by atoms with Crippen molar-refractivity contribution >= 4 is 82.6 Å². The molecule has 2 nitrogen and oxygen atoms in total. The van der Waals surface area contributed by atoms with E-state index in [9.17, 15) is 0 Å². The van der Waals surface area contributed by atoms with E-state index in [1.807, 2.05) is 6.07 Å². The van der Waals surface area contributed by atoms with Crippen LogP contribution in [0.4, 0.5) is 0 Å². The van der Waals surface area contributed by atoms with Crippen molar-refractivity contribution in [1.82, 2.24) is 4.40 Å². The highest BCUT2D eigenvalue weighted by molar-refractivity contribution is 14.1. The van der Waals surface area contributed by atoms with E-state index in [2.05, 4.69) is 93.7 Å². The Balaban J connectivity index is 1.92. The number of hydrogen-bond donors (Lipinski definition) is 0. The van der Waals surface area contributed by atoms with Gasteiger partial charge in [-0.15, -0.1) is 0 Å². The molecule has 0 bridgehead atoms. The highest BCUT2D eigenvalue weighted by Gasteiger charge is 2.21. The van der Waals surface area contributed by atoms with Gasteiger partial charge in [0.2, 0.25) is 0 Å². The fourth-order valence-electron chi connectivity index (χ4n) is 4.77.